The SMILES string of the molecule is COc1ccccc1NC(=O)NCC(C)(O)c1ccccc1. The Balaban J connectivity index is 1.95. The number of hydrogen-bond acceptors (Lipinski definition) is 3. The lowest BCUT2D eigenvalue weighted by atomic mass is 9.96. The molecule has 0 radical (unpaired) electrons. The maximum absolute atomic E-state index is 12.0. The van der Waals surface area contributed by atoms with Gasteiger partial charge in [-0.25, -0.2) is 4.79 Å². The first kappa shape index (κ1) is 15.9. The third-order valence-electron chi connectivity index (χ3n) is 3.34. The molecule has 0 aliphatic carbocycles. The van der Waals surface area contributed by atoms with Crippen molar-refractivity contribution in [1.29, 1.82) is 0 Å². The standard InChI is InChI=1S/C17H20N2O3/c1-17(21,13-8-4-3-5-9-13)12-18-16(20)19-14-10-6-7-11-15(14)22-2/h3-11,21H,12H2,1-2H3,(H2,18,19,20). The van der Waals surface area contributed by atoms with E-state index >= 15 is 0 Å². The minimum Gasteiger partial charge on any atom is -0.495 e. The maximum atomic E-state index is 12.0. The van der Waals surface area contributed by atoms with Crippen LogP contribution in [0.1, 0.15) is 12.5 Å². The van der Waals surface area contributed by atoms with Crippen molar-refractivity contribution >= 4 is 11.7 Å². The first-order valence-electron chi connectivity index (χ1n) is 6.99. The van der Waals surface area contributed by atoms with Crippen molar-refractivity contribution in [1.82, 2.24) is 5.32 Å². The molecule has 1 atom stereocenters. The molecule has 0 spiro atoms. The van der Waals surface area contributed by atoms with Gasteiger partial charge in [-0.2, -0.15) is 0 Å². The van der Waals surface area contributed by atoms with Crippen molar-refractivity contribution in [3.63, 3.8) is 0 Å². The molecule has 22 heavy (non-hydrogen) atoms. The number of carbonyl (C=O) groups excluding carboxylic acids is 1. The Bertz CT molecular complexity index is 627. The Hall–Kier alpha value is -2.53. The van der Waals surface area contributed by atoms with E-state index in [4.69, 9.17) is 4.74 Å². The summed E-state index contributed by atoms with van der Waals surface area (Å²) in [6, 6.07) is 15.9. The number of hydrogen-bond donors (Lipinski definition) is 3. The summed E-state index contributed by atoms with van der Waals surface area (Å²) < 4.78 is 5.17. The summed E-state index contributed by atoms with van der Waals surface area (Å²) in [5, 5.41) is 15.8. The van der Waals surface area contributed by atoms with Crippen molar-refractivity contribution < 1.29 is 14.6 Å². The average Bonchev–Trinajstić information content (AvgIpc) is 2.54. The summed E-state index contributed by atoms with van der Waals surface area (Å²) in [5.74, 6) is 0.576. The fourth-order valence-electron chi connectivity index (χ4n) is 2.07. The van der Waals surface area contributed by atoms with E-state index in [1.807, 2.05) is 36.4 Å². The van der Waals surface area contributed by atoms with Gasteiger partial charge in [-0.05, 0) is 24.6 Å². The highest BCUT2D eigenvalue weighted by Gasteiger charge is 2.23. The zero-order valence-corrected chi connectivity index (χ0v) is 12.7. The second-order valence-corrected chi connectivity index (χ2v) is 5.15. The second-order valence-electron chi connectivity index (χ2n) is 5.15. The molecular weight excluding hydrogens is 280 g/mol. The molecule has 0 aliphatic rings. The van der Waals surface area contributed by atoms with Gasteiger partial charge in [0.25, 0.3) is 0 Å². The minimum absolute atomic E-state index is 0.0952. The lowest BCUT2D eigenvalue weighted by molar-refractivity contribution is 0.0599. The number of aliphatic hydroxyl groups is 1. The maximum Gasteiger partial charge on any atom is 0.319 e. The predicted octanol–water partition coefficient (Wildman–Crippen LogP) is 2.72. The summed E-state index contributed by atoms with van der Waals surface area (Å²) in [6.07, 6.45) is 0. The molecular formula is C17H20N2O3. The van der Waals surface area contributed by atoms with E-state index in [-0.39, 0.29) is 6.54 Å². The number of carbonyl (C=O) groups is 1. The van der Waals surface area contributed by atoms with Crippen molar-refractivity contribution in [2.45, 2.75) is 12.5 Å². The first-order chi connectivity index (χ1) is 10.5. The van der Waals surface area contributed by atoms with Gasteiger partial charge < -0.3 is 20.5 Å². The quantitative estimate of drug-likeness (QED) is 0.795. The van der Waals surface area contributed by atoms with Crippen LogP contribution in [0.15, 0.2) is 54.6 Å². The van der Waals surface area contributed by atoms with Gasteiger partial charge in [0, 0.05) is 0 Å². The molecule has 0 saturated carbocycles. The number of ether oxygens (including phenoxy) is 1. The Morgan fingerprint density at radius 3 is 2.45 bits per heavy atom. The van der Waals surface area contributed by atoms with E-state index in [0.29, 0.717) is 11.4 Å². The summed E-state index contributed by atoms with van der Waals surface area (Å²) in [5.41, 5.74) is 0.175. The molecule has 2 amide bonds. The van der Waals surface area contributed by atoms with Crippen molar-refractivity contribution in [2.75, 3.05) is 19.0 Å². The fraction of sp³-hybridized carbons (Fsp3) is 0.235. The smallest absolute Gasteiger partial charge is 0.319 e. The molecule has 5 nitrogen and oxygen atoms in total. The van der Waals surface area contributed by atoms with E-state index in [0.717, 1.165) is 5.56 Å². The van der Waals surface area contributed by atoms with E-state index < -0.39 is 11.6 Å². The van der Waals surface area contributed by atoms with E-state index in [9.17, 15) is 9.90 Å². The number of urea groups is 1. The molecule has 0 heterocycles. The summed E-state index contributed by atoms with van der Waals surface area (Å²) in [4.78, 5) is 12.0. The highest BCUT2D eigenvalue weighted by atomic mass is 16.5. The molecule has 2 aromatic rings. The summed E-state index contributed by atoms with van der Waals surface area (Å²) in [6.45, 7) is 1.75. The van der Waals surface area contributed by atoms with Gasteiger partial charge in [-0.3, -0.25) is 0 Å². The summed E-state index contributed by atoms with van der Waals surface area (Å²) in [7, 11) is 1.54. The minimum atomic E-state index is -1.14. The zero-order chi connectivity index (χ0) is 16.0. The largest absolute Gasteiger partial charge is 0.495 e. The van der Waals surface area contributed by atoms with Crippen LogP contribution in [-0.2, 0) is 5.60 Å². The van der Waals surface area contributed by atoms with Gasteiger partial charge in [0.15, 0.2) is 0 Å². The fourth-order valence-corrected chi connectivity index (χ4v) is 2.07. The Morgan fingerprint density at radius 1 is 1.14 bits per heavy atom. The molecule has 116 valence electrons. The number of benzene rings is 2. The molecule has 0 aromatic heterocycles. The molecule has 0 aliphatic heterocycles. The highest BCUT2D eigenvalue weighted by molar-refractivity contribution is 5.90. The van der Waals surface area contributed by atoms with Crippen LogP contribution in [0, 0.1) is 0 Å². The molecule has 0 fully saturated rings. The topological polar surface area (TPSA) is 70.6 Å². The van der Waals surface area contributed by atoms with Gasteiger partial charge in [-0.15, -0.1) is 0 Å². The number of nitrogens with one attached hydrogen (secondary N) is 2. The normalized spacial score (nSPS) is 13.0. The van der Waals surface area contributed by atoms with Crippen molar-refractivity contribution in [3.8, 4) is 5.75 Å². The van der Waals surface area contributed by atoms with E-state index in [1.165, 1.54) is 0 Å². The van der Waals surface area contributed by atoms with Gasteiger partial charge in [-0.1, -0.05) is 42.5 Å². The van der Waals surface area contributed by atoms with Crippen LogP contribution in [0.2, 0.25) is 0 Å². The lowest BCUT2D eigenvalue weighted by Gasteiger charge is -2.24. The number of amides is 2. The predicted molar refractivity (Wildman–Crippen MR) is 86.0 cm³/mol. The van der Waals surface area contributed by atoms with Gasteiger partial charge >= 0.3 is 6.03 Å². The van der Waals surface area contributed by atoms with E-state index in [1.54, 1.807) is 32.2 Å². The monoisotopic (exact) mass is 300 g/mol. The highest BCUT2D eigenvalue weighted by Crippen LogP contribution is 2.23. The third-order valence-corrected chi connectivity index (χ3v) is 3.34. The van der Waals surface area contributed by atoms with Gasteiger partial charge in [0.2, 0.25) is 0 Å². The van der Waals surface area contributed by atoms with Crippen LogP contribution in [0.25, 0.3) is 0 Å². The van der Waals surface area contributed by atoms with Crippen LogP contribution in [0.5, 0.6) is 5.75 Å². The molecule has 5 heteroatoms. The second kappa shape index (κ2) is 6.95. The molecule has 2 aromatic carbocycles. The Kier molecular flexibility index (Phi) is 5.01. The molecule has 2 rings (SSSR count). The lowest BCUT2D eigenvalue weighted by Crippen LogP contribution is -2.40. The van der Waals surface area contributed by atoms with Gasteiger partial charge in [0.1, 0.15) is 11.4 Å². The number of anilines is 1. The number of para-hydroxylation sites is 2. The molecule has 0 bridgehead atoms. The van der Waals surface area contributed by atoms with Crippen LogP contribution in [0.4, 0.5) is 10.5 Å². The Labute approximate surface area is 129 Å². The number of methoxy groups -OCH3 is 1. The average molecular weight is 300 g/mol. The van der Waals surface area contributed by atoms with Crippen molar-refractivity contribution in [3.05, 3.63) is 60.2 Å². The third kappa shape index (κ3) is 3.99. The first-order valence-corrected chi connectivity index (χ1v) is 6.99. The Morgan fingerprint density at radius 2 is 1.77 bits per heavy atom. The molecule has 3 N–H and O–H groups in total. The molecule has 0 saturated heterocycles. The van der Waals surface area contributed by atoms with Crippen LogP contribution in [-0.4, -0.2) is 24.8 Å². The van der Waals surface area contributed by atoms with Crippen molar-refractivity contribution in [2.24, 2.45) is 0 Å². The van der Waals surface area contributed by atoms with Crippen LogP contribution >= 0.6 is 0 Å². The number of rotatable bonds is 5. The zero-order valence-electron chi connectivity index (χ0n) is 12.7. The molecule has 1 unspecified atom stereocenters. The van der Waals surface area contributed by atoms with Gasteiger partial charge in [0.05, 0.1) is 19.3 Å². The van der Waals surface area contributed by atoms with Crippen LogP contribution in [0.3, 0.4) is 0 Å². The summed E-state index contributed by atoms with van der Waals surface area (Å²) >= 11 is 0. The van der Waals surface area contributed by atoms with Crippen LogP contribution < -0.4 is 15.4 Å². The van der Waals surface area contributed by atoms with E-state index in [2.05, 4.69) is 10.6 Å².